The molecule has 0 saturated carbocycles. The van der Waals surface area contributed by atoms with Crippen molar-refractivity contribution >= 4 is 44.8 Å². The summed E-state index contributed by atoms with van der Waals surface area (Å²) in [4.78, 5) is 2.30. The molecule has 1 N–H and O–H groups in total. The van der Waals surface area contributed by atoms with Gasteiger partial charge >= 0.3 is 0 Å². The van der Waals surface area contributed by atoms with Crippen molar-refractivity contribution in [2.24, 2.45) is 0 Å². The van der Waals surface area contributed by atoms with Gasteiger partial charge in [0.2, 0.25) is 10.0 Å². The highest BCUT2D eigenvalue weighted by Gasteiger charge is 2.27. The van der Waals surface area contributed by atoms with Crippen molar-refractivity contribution in [1.29, 1.82) is 0 Å². The van der Waals surface area contributed by atoms with Crippen molar-refractivity contribution in [2.75, 3.05) is 13.1 Å². The fourth-order valence-corrected chi connectivity index (χ4v) is 4.83. The number of nitrogens with one attached hydrogen (secondary N) is 1. The minimum atomic E-state index is -3.71. The first-order valence-electron chi connectivity index (χ1n) is 7.11. The van der Waals surface area contributed by atoms with E-state index >= 15 is 0 Å². The maximum atomic E-state index is 12.5. The lowest BCUT2D eigenvalue weighted by Crippen LogP contribution is -2.46. The Morgan fingerprint density at radius 3 is 2.18 bits per heavy atom. The van der Waals surface area contributed by atoms with Gasteiger partial charge in [-0.15, -0.1) is 0 Å². The van der Waals surface area contributed by atoms with E-state index in [0.717, 1.165) is 25.9 Å². The molecule has 1 aromatic rings. The van der Waals surface area contributed by atoms with Gasteiger partial charge in [-0.05, 0) is 51.9 Å². The summed E-state index contributed by atoms with van der Waals surface area (Å²) >= 11 is 17.7. The molecule has 0 aromatic heterocycles. The Balaban J connectivity index is 2.11. The van der Waals surface area contributed by atoms with E-state index in [-0.39, 0.29) is 26.0 Å². The number of piperidine rings is 1. The van der Waals surface area contributed by atoms with Crippen LogP contribution >= 0.6 is 34.8 Å². The molecule has 22 heavy (non-hydrogen) atoms. The van der Waals surface area contributed by atoms with E-state index in [2.05, 4.69) is 23.5 Å². The molecule has 4 nitrogen and oxygen atoms in total. The van der Waals surface area contributed by atoms with E-state index < -0.39 is 10.0 Å². The van der Waals surface area contributed by atoms with E-state index in [1.165, 1.54) is 12.1 Å². The molecule has 0 spiro atoms. The molecule has 1 aliphatic rings. The third-order valence-corrected chi connectivity index (χ3v) is 6.55. The normalized spacial score (nSPS) is 18.1. The van der Waals surface area contributed by atoms with Gasteiger partial charge in [0, 0.05) is 12.1 Å². The van der Waals surface area contributed by atoms with Crippen molar-refractivity contribution in [3.63, 3.8) is 0 Å². The molecular weight excluding hydrogens is 367 g/mol. The lowest BCUT2D eigenvalue weighted by molar-refractivity contribution is 0.168. The Hall–Kier alpha value is -0.0400. The fraction of sp³-hybridized carbons (Fsp3) is 0.571. The van der Waals surface area contributed by atoms with Gasteiger partial charge in [-0.25, -0.2) is 13.1 Å². The molecule has 0 atom stereocenters. The molecule has 8 heteroatoms. The Morgan fingerprint density at radius 1 is 1.09 bits per heavy atom. The lowest BCUT2D eigenvalue weighted by Gasteiger charge is -2.34. The Labute approximate surface area is 146 Å². The maximum absolute atomic E-state index is 12.5. The molecule has 1 saturated heterocycles. The second-order valence-electron chi connectivity index (χ2n) is 5.72. The van der Waals surface area contributed by atoms with Gasteiger partial charge < -0.3 is 4.90 Å². The highest BCUT2D eigenvalue weighted by molar-refractivity contribution is 7.89. The van der Waals surface area contributed by atoms with E-state index in [4.69, 9.17) is 34.8 Å². The van der Waals surface area contributed by atoms with Crippen LogP contribution in [-0.4, -0.2) is 38.5 Å². The summed E-state index contributed by atoms with van der Waals surface area (Å²) < 4.78 is 27.7. The van der Waals surface area contributed by atoms with Crippen molar-refractivity contribution in [2.45, 2.75) is 43.7 Å². The van der Waals surface area contributed by atoms with Crippen LogP contribution in [0.5, 0.6) is 0 Å². The maximum Gasteiger partial charge on any atom is 0.242 e. The van der Waals surface area contributed by atoms with Gasteiger partial charge in [-0.2, -0.15) is 0 Å². The zero-order chi connectivity index (χ0) is 16.5. The first-order chi connectivity index (χ1) is 10.2. The molecule has 1 fully saturated rings. The second kappa shape index (κ2) is 7.24. The lowest BCUT2D eigenvalue weighted by atomic mass is 10.1. The first kappa shape index (κ1) is 18.3. The van der Waals surface area contributed by atoms with E-state index in [1.807, 2.05) is 0 Å². The van der Waals surface area contributed by atoms with Gasteiger partial charge in [-0.3, -0.25) is 0 Å². The minimum Gasteiger partial charge on any atom is -0.301 e. The summed E-state index contributed by atoms with van der Waals surface area (Å²) in [6.45, 7) is 6.03. The third kappa shape index (κ3) is 4.28. The number of benzene rings is 1. The summed E-state index contributed by atoms with van der Waals surface area (Å²) in [5.41, 5.74) is 0. The largest absolute Gasteiger partial charge is 0.301 e. The molecule has 1 aromatic carbocycles. The number of nitrogens with zero attached hydrogens (tertiary/aromatic N) is 1. The molecule has 0 bridgehead atoms. The van der Waals surface area contributed by atoms with Crippen LogP contribution in [0.25, 0.3) is 0 Å². The molecule has 1 heterocycles. The summed E-state index contributed by atoms with van der Waals surface area (Å²) in [6.07, 6.45) is 1.55. The number of hydrogen-bond donors (Lipinski definition) is 1. The highest BCUT2D eigenvalue weighted by atomic mass is 35.5. The van der Waals surface area contributed by atoms with Crippen molar-refractivity contribution in [3.8, 4) is 0 Å². The Bertz CT molecular complexity index is 642. The van der Waals surface area contributed by atoms with Crippen LogP contribution in [0.2, 0.25) is 15.1 Å². The predicted molar refractivity (Wildman–Crippen MR) is 91.5 cm³/mol. The Kier molecular flexibility index (Phi) is 6.02. The summed E-state index contributed by atoms with van der Waals surface area (Å²) in [6, 6.07) is 3.02. The van der Waals surface area contributed by atoms with Crippen LogP contribution in [0.4, 0.5) is 0 Å². The average Bonchev–Trinajstić information content (AvgIpc) is 2.42. The zero-order valence-corrected chi connectivity index (χ0v) is 15.5. The van der Waals surface area contributed by atoms with Gasteiger partial charge in [0.05, 0.1) is 15.1 Å². The molecule has 2 rings (SSSR count). The van der Waals surface area contributed by atoms with Gasteiger partial charge in [0.25, 0.3) is 0 Å². The number of sulfonamides is 1. The van der Waals surface area contributed by atoms with E-state index in [1.54, 1.807) is 0 Å². The predicted octanol–water partition coefficient (Wildman–Crippen LogP) is 3.80. The van der Waals surface area contributed by atoms with Crippen LogP contribution in [0.15, 0.2) is 17.0 Å². The van der Waals surface area contributed by atoms with Crippen LogP contribution in [0.1, 0.15) is 26.7 Å². The molecule has 0 radical (unpaired) electrons. The highest BCUT2D eigenvalue weighted by Crippen LogP contribution is 2.31. The first-order valence-corrected chi connectivity index (χ1v) is 9.73. The van der Waals surface area contributed by atoms with Crippen molar-refractivity contribution in [1.82, 2.24) is 9.62 Å². The smallest absolute Gasteiger partial charge is 0.242 e. The quantitative estimate of drug-likeness (QED) is 0.802. The third-order valence-electron chi connectivity index (χ3n) is 3.85. The zero-order valence-electron chi connectivity index (χ0n) is 12.4. The monoisotopic (exact) mass is 384 g/mol. The standard InChI is InChI=1S/C14H19Cl3N2O2S/c1-9(2)19-5-3-10(4-6-19)18-22(20,21)14-8-12(16)11(15)7-13(14)17/h7-10,18H,3-6H2,1-2H3. The van der Waals surface area contributed by atoms with Crippen LogP contribution < -0.4 is 4.72 Å². The fourth-order valence-electron chi connectivity index (χ4n) is 2.53. The SMILES string of the molecule is CC(C)N1CCC(NS(=O)(=O)c2cc(Cl)c(Cl)cc2Cl)CC1. The van der Waals surface area contributed by atoms with E-state index in [0.29, 0.717) is 6.04 Å². The van der Waals surface area contributed by atoms with E-state index in [9.17, 15) is 8.42 Å². The average molecular weight is 386 g/mol. The van der Waals surface area contributed by atoms with Crippen molar-refractivity contribution < 1.29 is 8.42 Å². The number of halogens is 3. The Morgan fingerprint density at radius 2 is 1.64 bits per heavy atom. The van der Waals surface area contributed by atoms with Crippen LogP contribution in [0, 0.1) is 0 Å². The molecule has 0 unspecified atom stereocenters. The molecule has 0 amide bonds. The number of hydrogen-bond acceptors (Lipinski definition) is 3. The number of likely N-dealkylation sites (tertiary alicyclic amines) is 1. The topological polar surface area (TPSA) is 49.4 Å². The minimum absolute atomic E-state index is 0.0325. The van der Waals surface area contributed by atoms with Gasteiger partial charge in [-0.1, -0.05) is 34.8 Å². The van der Waals surface area contributed by atoms with Crippen LogP contribution in [0.3, 0.4) is 0 Å². The molecular formula is C14H19Cl3N2O2S. The van der Waals surface area contributed by atoms with Gasteiger partial charge in [0.15, 0.2) is 0 Å². The van der Waals surface area contributed by atoms with Gasteiger partial charge in [0.1, 0.15) is 4.90 Å². The molecule has 1 aliphatic heterocycles. The summed E-state index contributed by atoms with van der Waals surface area (Å²) in [5.74, 6) is 0. The summed E-state index contributed by atoms with van der Waals surface area (Å²) in [5, 5.41) is 0.471. The van der Waals surface area contributed by atoms with Crippen molar-refractivity contribution in [3.05, 3.63) is 27.2 Å². The van der Waals surface area contributed by atoms with Crippen LogP contribution in [-0.2, 0) is 10.0 Å². The second-order valence-corrected chi connectivity index (χ2v) is 8.63. The number of rotatable bonds is 4. The summed E-state index contributed by atoms with van der Waals surface area (Å²) in [7, 11) is -3.71. The molecule has 124 valence electrons. The molecule has 0 aliphatic carbocycles.